The Morgan fingerprint density at radius 3 is 3.08 bits per heavy atom. The van der Waals surface area contributed by atoms with Gasteiger partial charge in [-0.05, 0) is 29.3 Å². The molecular weight excluding hydrogens is 400 g/mol. The van der Waals surface area contributed by atoms with Gasteiger partial charge in [0.05, 0.1) is 18.7 Å². The minimum atomic E-state index is -0.0611. The van der Waals surface area contributed by atoms with Crippen LogP contribution in [0.3, 0.4) is 0 Å². The fourth-order valence-electron chi connectivity index (χ4n) is 2.81. The first-order valence-electron chi connectivity index (χ1n) is 7.93. The highest BCUT2D eigenvalue weighted by atomic mass is 79.9. The zero-order valence-electron chi connectivity index (χ0n) is 13.3. The number of hydrogen-bond donors (Lipinski definition) is 1. The maximum Gasteiger partial charge on any atom is 0.230 e. The third-order valence-corrected chi connectivity index (χ3v) is 5.24. The second-order valence-corrected chi connectivity index (χ2v) is 7.59. The van der Waals surface area contributed by atoms with Gasteiger partial charge < -0.3 is 10.1 Å². The molecule has 4 nitrogen and oxygen atoms in total. The second-order valence-electron chi connectivity index (χ2n) is 5.81. The molecule has 1 N–H and O–H groups in total. The number of benzene rings is 2. The van der Waals surface area contributed by atoms with Crippen molar-refractivity contribution in [2.45, 2.75) is 12.8 Å². The molecule has 0 atom stereocenters. The predicted octanol–water partition coefficient (Wildman–Crippen LogP) is 4.69. The van der Waals surface area contributed by atoms with E-state index in [-0.39, 0.29) is 5.91 Å². The van der Waals surface area contributed by atoms with E-state index in [0.29, 0.717) is 11.6 Å². The first-order valence-corrected chi connectivity index (χ1v) is 9.60. The number of aromatic nitrogens is 1. The van der Waals surface area contributed by atoms with Gasteiger partial charge in [-0.2, -0.15) is 0 Å². The Kier molecular flexibility index (Phi) is 4.55. The Labute approximate surface area is 158 Å². The maximum atomic E-state index is 12.3. The normalized spacial score (nSPS) is 12.5. The van der Waals surface area contributed by atoms with Gasteiger partial charge >= 0.3 is 0 Å². The van der Waals surface area contributed by atoms with Crippen LogP contribution in [0.15, 0.2) is 52.3 Å². The zero-order chi connectivity index (χ0) is 17.2. The molecule has 0 spiro atoms. The second kappa shape index (κ2) is 6.98. The third kappa shape index (κ3) is 3.75. The molecule has 6 heteroatoms. The van der Waals surface area contributed by atoms with Gasteiger partial charge in [0, 0.05) is 21.8 Å². The fourth-order valence-corrected chi connectivity index (χ4v) is 3.95. The standard InChI is InChI=1S/C19H15BrN2O2S/c20-15-3-1-2-13(10-15)16-11-25-19(21-16)22-18(23)9-12-4-5-17-14(8-12)6-7-24-17/h1-5,8,10-11H,6-7,9H2,(H,21,22,23). The van der Waals surface area contributed by atoms with Crippen LogP contribution in [0.25, 0.3) is 11.3 Å². The lowest BCUT2D eigenvalue weighted by Crippen LogP contribution is -2.14. The lowest BCUT2D eigenvalue weighted by Gasteiger charge is -2.04. The molecule has 126 valence electrons. The van der Waals surface area contributed by atoms with E-state index in [4.69, 9.17) is 4.74 Å². The topological polar surface area (TPSA) is 51.2 Å². The van der Waals surface area contributed by atoms with E-state index in [9.17, 15) is 4.79 Å². The molecule has 1 aliphatic rings. The SMILES string of the molecule is O=C(Cc1ccc2c(c1)CCO2)Nc1nc(-c2cccc(Br)c2)cs1. The molecule has 1 amide bonds. The van der Waals surface area contributed by atoms with Crippen molar-refractivity contribution in [3.05, 3.63) is 63.4 Å². The van der Waals surface area contributed by atoms with E-state index in [1.54, 1.807) is 0 Å². The van der Waals surface area contributed by atoms with Gasteiger partial charge in [0.15, 0.2) is 5.13 Å². The zero-order valence-corrected chi connectivity index (χ0v) is 15.7. The monoisotopic (exact) mass is 414 g/mol. The number of amides is 1. The number of hydrogen-bond acceptors (Lipinski definition) is 4. The van der Waals surface area contributed by atoms with Crippen molar-refractivity contribution >= 4 is 38.3 Å². The van der Waals surface area contributed by atoms with Crippen LogP contribution in [-0.2, 0) is 17.6 Å². The summed E-state index contributed by atoms with van der Waals surface area (Å²) in [6.45, 7) is 0.725. The number of carbonyl (C=O) groups is 1. The van der Waals surface area contributed by atoms with Crippen molar-refractivity contribution in [2.75, 3.05) is 11.9 Å². The molecule has 1 aliphatic heterocycles. The number of halogens is 1. The molecule has 0 aliphatic carbocycles. The summed E-state index contributed by atoms with van der Waals surface area (Å²) < 4.78 is 6.50. The van der Waals surface area contributed by atoms with Crippen molar-refractivity contribution in [2.24, 2.45) is 0 Å². The number of rotatable bonds is 4. The van der Waals surface area contributed by atoms with Crippen molar-refractivity contribution in [1.29, 1.82) is 0 Å². The summed E-state index contributed by atoms with van der Waals surface area (Å²) in [5, 5.41) is 5.45. The smallest absolute Gasteiger partial charge is 0.230 e. The highest BCUT2D eigenvalue weighted by molar-refractivity contribution is 9.10. The van der Waals surface area contributed by atoms with Crippen LogP contribution in [-0.4, -0.2) is 17.5 Å². The van der Waals surface area contributed by atoms with Crippen LogP contribution in [0.4, 0.5) is 5.13 Å². The van der Waals surface area contributed by atoms with E-state index in [0.717, 1.165) is 40.1 Å². The number of nitrogens with one attached hydrogen (secondary N) is 1. The van der Waals surface area contributed by atoms with Gasteiger partial charge in [-0.25, -0.2) is 4.98 Å². The van der Waals surface area contributed by atoms with Crippen molar-refractivity contribution in [3.8, 4) is 17.0 Å². The number of ether oxygens (including phenoxy) is 1. The third-order valence-electron chi connectivity index (χ3n) is 3.99. The molecule has 4 rings (SSSR count). The Bertz CT molecular complexity index is 939. The highest BCUT2D eigenvalue weighted by Gasteiger charge is 2.14. The molecule has 0 saturated carbocycles. The Morgan fingerprint density at radius 1 is 1.28 bits per heavy atom. The molecule has 0 saturated heterocycles. The molecule has 25 heavy (non-hydrogen) atoms. The summed E-state index contributed by atoms with van der Waals surface area (Å²) in [6, 6.07) is 13.9. The summed E-state index contributed by atoms with van der Waals surface area (Å²) in [7, 11) is 0. The lowest BCUT2D eigenvalue weighted by atomic mass is 10.1. The quantitative estimate of drug-likeness (QED) is 0.673. The molecule has 1 aromatic heterocycles. The van der Waals surface area contributed by atoms with Gasteiger partial charge in [-0.1, -0.05) is 40.2 Å². The number of nitrogens with zero attached hydrogens (tertiary/aromatic N) is 1. The average molecular weight is 415 g/mol. The highest BCUT2D eigenvalue weighted by Crippen LogP contribution is 2.28. The summed E-state index contributed by atoms with van der Waals surface area (Å²) >= 11 is 4.89. The minimum absolute atomic E-state index is 0.0611. The summed E-state index contributed by atoms with van der Waals surface area (Å²) in [6.07, 6.45) is 1.24. The molecule has 2 aromatic carbocycles. The van der Waals surface area contributed by atoms with E-state index in [1.807, 2.05) is 41.8 Å². The number of carbonyl (C=O) groups excluding carboxylic acids is 1. The molecule has 0 bridgehead atoms. The number of fused-ring (bicyclic) bond motifs is 1. The van der Waals surface area contributed by atoms with E-state index >= 15 is 0 Å². The largest absolute Gasteiger partial charge is 0.493 e. The number of thiazole rings is 1. The maximum absolute atomic E-state index is 12.3. The Hall–Kier alpha value is -2.18. The molecular formula is C19H15BrN2O2S. The van der Waals surface area contributed by atoms with Gasteiger partial charge in [0.2, 0.25) is 5.91 Å². The van der Waals surface area contributed by atoms with Gasteiger partial charge in [0.1, 0.15) is 5.75 Å². The van der Waals surface area contributed by atoms with Crippen LogP contribution in [0.5, 0.6) is 5.75 Å². The van der Waals surface area contributed by atoms with Crippen LogP contribution in [0, 0.1) is 0 Å². The van der Waals surface area contributed by atoms with Gasteiger partial charge in [0.25, 0.3) is 0 Å². The fraction of sp³-hybridized carbons (Fsp3) is 0.158. The summed E-state index contributed by atoms with van der Waals surface area (Å²) in [4.78, 5) is 16.8. The van der Waals surface area contributed by atoms with Gasteiger partial charge in [-0.15, -0.1) is 11.3 Å². The summed E-state index contributed by atoms with van der Waals surface area (Å²) in [5.41, 5.74) is 4.04. The minimum Gasteiger partial charge on any atom is -0.493 e. The molecule has 0 radical (unpaired) electrons. The Morgan fingerprint density at radius 2 is 2.20 bits per heavy atom. The van der Waals surface area contributed by atoms with Crippen LogP contribution in [0.1, 0.15) is 11.1 Å². The number of anilines is 1. The molecule has 3 aromatic rings. The lowest BCUT2D eigenvalue weighted by molar-refractivity contribution is -0.115. The van der Waals surface area contributed by atoms with Crippen molar-refractivity contribution in [3.63, 3.8) is 0 Å². The Balaban J connectivity index is 1.43. The van der Waals surface area contributed by atoms with Crippen LogP contribution in [0.2, 0.25) is 0 Å². The molecule has 2 heterocycles. The molecule has 0 fully saturated rings. The van der Waals surface area contributed by atoms with Crippen LogP contribution >= 0.6 is 27.3 Å². The first-order chi connectivity index (χ1) is 12.2. The van der Waals surface area contributed by atoms with Gasteiger partial charge in [-0.3, -0.25) is 4.79 Å². The van der Waals surface area contributed by atoms with E-state index in [2.05, 4.69) is 32.3 Å². The van der Waals surface area contributed by atoms with Crippen molar-refractivity contribution < 1.29 is 9.53 Å². The van der Waals surface area contributed by atoms with E-state index < -0.39 is 0 Å². The first kappa shape index (κ1) is 16.3. The van der Waals surface area contributed by atoms with Crippen molar-refractivity contribution in [1.82, 2.24) is 4.98 Å². The molecule has 0 unspecified atom stereocenters. The predicted molar refractivity (Wildman–Crippen MR) is 103 cm³/mol. The summed E-state index contributed by atoms with van der Waals surface area (Å²) in [5.74, 6) is 0.872. The van der Waals surface area contributed by atoms with Crippen LogP contribution < -0.4 is 10.1 Å². The van der Waals surface area contributed by atoms with E-state index in [1.165, 1.54) is 16.9 Å². The average Bonchev–Trinajstić information content (AvgIpc) is 3.23.